The van der Waals surface area contributed by atoms with Crippen molar-refractivity contribution in [1.29, 1.82) is 0 Å². The molecule has 0 aliphatic rings. The zero-order valence-electron chi connectivity index (χ0n) is 9.17. The second kappa shape index (κ2) is 5.77. The monoisotopic (exact) mass is 349 g/mol. The highest BCUT2D eigenvalue weighted by Crippen LogP contribution is 2.13. The largest absolute Gasteiger partial charge is 0.306 e. The summed E-state index contributed by atoms with van der Waals surface area (Å²) >= 11 is 6.46. The molecule has 1 atom stereocenters. The fraction of sp³-hybridized carbons (Fsp3) is 0.455. The van der Waals surface area contributed by atoms with Gasteiger partial charge in [0.05, 0.1) is 11.0 Å². The predicted octanol–water partition coefficient (Wildman–Crippen LogP) is 2.99. The lowest BCUT2D eigenvalue weighted by Crippen LogP contribution is -2.26. The molecule has 0 aliphatic carbocycles. The Hall–Kier alpha value is -0.420. The molecule has 0 saturated heterocycles. The van der Waals surface area contributed by atoms with Gasteiger partial charge in [-0.2, -0.15) is 0 Å². The van der Waals surface area contributed by atoms with Crippen LogP contribution in [0, 0.1) is 5.92 Å². The van der Waals surface area contributed by atoms with Crippen molar-refractivity contribution in [3.63, 3.8) is 0 Å². The molecule has 0 spiro atoms. The third-order valence-corrected chi connectivity index (χ3v) is 3.50. The van der Waals surface area contributed by atoms with E-state index in [-0.39, 0.29) is 23.8 Å². The highest BCUT2D eigenvalue weighted by Gasteiger charge is 2.13. The van der Waals surface area contributed by atoms with E-state index in [1.807, 2.05) is 13.8 Å². The maximum Gasteiger partial charge on any atom is 0.265 e. The Balaban J connectivity index is 2.98. The summed E-state index contributed by atoms with van der Waals surface area (Å²) in [4.78, 5) is 23.4. The number of nitrogens with zero attached hydrogens (tertiary/aromatic N) is 1. The molecule has 0 radical (unpaired) electrons. The second-order valence-corrected chi connectivity index (χ2v) is 5.48. The van der Waals surface area contributed by atoms with Crippen molar-refractivity contribution < 1.29 is 4.79 Å². The van der Waals surface area contributed by atoms with E-state index in [2.05, 4.69) is 31.9 Å². The van der Waals surface area contributed by atoms with E-state index in [1.54, 1.807) is 12.3 Å². The van der Waals surface area contributed by atoms with E-state index >= 15 is 0 Å². The van der Waals surface area contributed by atoms with Gasteiger partial charge in [-0.25, -0.2) is 0 Å². The van der Waals surface area contributed by atoms with Crippen LogP contribution in [0.5, 0.6) is 0 Å². The number of halogens is 2. The van der Waals surface area contributed by atoms with Crippen molar-refractivity contribution in [2.45, 2.75) is 26.8 Å². The summed E-state index contributed by atoms with van der Waals surface area (Å²) in [6.45, 7) is 3.97. The maximum atomic E-state index is 11.7. The van der Waals surface area contributed by atoms with Crippen LogP contribution in [-0.2, 0) is 11.3 Å². The Labute approximate surface area is 111 Å². The van der Waals surface area contributed by atoms with Crippen LogP contribution in [0.15, 0.2) is 26.0 Å². The number of hydrogen-bond acceptors (Lipinski definition) is 2. The van der Waals surface area contributed by atoms with Crippen molar-refractivity contribution >= 4 is 37.6 Å². The Kier molecular flexibility index (Phi) is 4.92. The van der Waals surface area contributed by atoms with Gasteiger partial charge in [-0.1, -0.05) is 13.8 Å². The van der Waals surface area contributed by atoms with Gasteiger partial charge in [0.25, 0.3) is 5.56 Å². The Morgan fingerprint density at radius 1 is 1.50 bits per heavy atom. The summed E-state index contributed by atoms with van der Waals surface area (Å²) in [5, 5.41) is 0. The lowest BCUT2D eigenvalue weighted by molar-refractivity contribution is -0.123. The quantitative estimate of drug-likeness (QED) is 0.837. The van der Waals surface area contributed by atoms with Crippen molar-refractivity contribution in [3.8, 4) is 0 Å². The van der Waals surface area contributed by atoms with Gasteiger partial charge in [0.2, 0.25) is 0 Å². The molecule has 0 N–H and O–H groups in total. The maximum absolute atomic E-state index is 11.7. The zero-order valence-corrected chi connectivity index (χ0v) is 12.3. The molecule has 0 amide bonds. The third-order valence-electron chi connectivity index (χ3n) is 2.50. The van der Waals surface area contributed by atoms with Gasteiger partial charge in [0, 0.05) is 16.6 Å². The molecule has 1 rings (SSSR count). The minimum atomic E-state index is -0.181. The Morgan fingerprint density at radius 2 is 2.12 bits per heavy atom. The molecule has 5 heteroatoms. The number of hydrogen-bond donors (Lipinski definition) is 0. The molecule has 88 valence electrons. The number of pyridine rings is 1. The van der Waals surface area contributed by atoms with Crippen LogP contribution in [0.3, 0.4) is 0 Å². The van der Waals surface area contributed by atoms with Crippen LogP contribution in [0.4, 0.5) is 0 Å². The average molecular weight is 351 g/mol. The first-order valence-electron chi connectivity index (χ1n) is 5.04. The normalized spacial score (nSPS) is 12.5. The summed E-state index contributed by atoms with van der Waals surface area (Å²) in [6.07, 6.45) is 2.43. The molecule has 1 aromatic heterocycles. The van der Waals surface area contributed by atoms with Crippen molar-refractivity contribution in [2.24, 2.45) is 5.92 Å². The molecule has 16 heavy (non-hydrogen) atoms. The average Bonchev–Trinajstić information content (AvgIpc) is 2.23. The smallest absolute Gasteiger partial charge is 0.265 e. The van der Waals surface area contributed by atoms with Gasteiger partial charge in [-0.15, -0.1) is 0 Å². The van der Waals surface area contributed by atoms with E-state index in [9.17, 15) is 9.59 Å². The molecule has 1 aromatic rings. The molecule has 0 fully saturated rings. The van der Waals surface area contributed by atoms with Gasteiger partial charge < -0.3 is 4.57 Å². The zero-order chi connectivity index (χ0) is 12.3. The molecular weight excluding hydrogens is 338 g/mol. The van der Waals surface area contributed by atoms with Crippen molar-refractivity contribution in [2.75, 3.05) is 0 Å². The van der Waals surface area contributed by atoms with Gasteiger partial charge in [-0.05, 0) is 44.3 Å². The molecule has 1 unspecified atom stereocenters. The number of carbonyl (C=O) groups is 1. The highest BCUT2D eigenvalue weighted by atomic mass is 79.9. The van der Waals surface area contributed by atoms with E-state index in [1.165, 1.54) is 4.57 Å². The summed E-state index contributed by atoms with van der Waals surface area (Å²) in [7, 11) is 0. The van der Waals surface area contributed by atoms with Crippen LogP contribution >= 0.6 is 31.9 Å². The van der Waals surface area contributed by atoms with Gasteiger partial charge in [-0.3, -0.25) is 9.59 Å². The fourth-order valence-corrected chi connectivity index (χ4v) is 2.49. The molecule has 0 aliphatic heterocycles. The molecule has 0 bridgehead atoms. The summed E-state index contributed by atoms with van der Waals surface area (Å²) in [5.41, 5.74) is -0.181. The first-order valence-corrected chi connectivity index (χ1v) is 6.62. The predicted molar refractivity (Wildman–Crippen MR) is 70.6 cm³/mol. The first kappa shape index (κ1) is 13.6. The van der Waals surface area contributed by atoms with Crippen LogP contribution in [0.25, 0.3) is 0 Å². The van der Waals surface area contributed by atoms with Crippen LogP contribution in [0.2, 0.25) is 0 Å². The fourth-order valence-electron chi connectivity index (χ4n) is 1.23. The number of rotatable bonds is 4. The molecule has 1 heterocycles. The standard InChI is InChI=1S/C11H13Br2NO2/c1-3-7(2)10(15)6-14-5-8(12)4-9(13)11(14)16/h4-5,7H,3,6H2,1-2H3. The van der Waals surface area contributed by atoms with E-state index in [0.29, 0.717) is 4.47 Å². The number of ketones is 1. The molecule has 0 aromatic carbocycles. The molecular formula is C11H13Br2NO2. The molecule has 0 saturated carbocycles. The lowest BCUT2D eigenvalue weighted by Gasteiger charge is -2.10. The topological polar surface area (TPSA) is 39.1 Å². The van der Waals surface area contributed by atoms with E-state index < -0.39 is 0 Å². The summed E-state index contributed by atoms with van der Waals surface area (Å²) < 4.78 is 2.65. The van der Waals surface area contributed by atoms with Crippen LogP contribution in [-0.4, -0.2) is 10.4 Å². The molecule has 3 nitrogen and oxygen atoms in total. The summed E-state index contributed by atoms with van der Waals surface area (Å²) in [6, 6.07) is 1.67. The van der Waals surface area contributed by atoms with E-state index in [4.69, 9.17) is 0 Å². The highest BCUT2D eigenvalue weighted by molar-refractivity contribution is 9.11. The minimum Gasteiger partial charge on any atom is -0.306 e. The number of carbonyl (C=O) groups excluding carboxylic acids is 1. The van der Waals surface area contributed by atoms with Crippen LogP contribution in [0.1, 0.15) is 20.3 Å². The Morgan fingerprint density at radius 3 is 2.69 bits per heavy atom. The van der Waals surface area contributed by atoms with Gasteiger partial charge in [0.1, 0.15) is 0 Å². The van der Waals surface area contributed by atoms with Gasteiger partial charge >= 0.3 is 0 Å². The second-order valence-electron chi connectivity index (χ2n) is 3.71. The third kappa shape index (κ3) is 3.28. The van der Waals surface area contributed by atoms with E-state index in [0.717, 1.165) is 10.9 Å². The van der Waals surface area contributed by atoms with Crippen LogP contribution < -0.4 is 5.56 Å². The first-order chi connectivity index (χ1) is 7.45. The number of Topliss-reactive ketones (excluding diaryl/α,β-unsaturated/α-hetero) is 1. The van der Waals surface area contributed by atoms with Crippen molar-refractivity contribution in [1.82, 2.24) is 4.57 Å². The number of aromatic nitrogens is 1. The lowest BCUT2D eigenvalue weighted by atomic mass is 10.0. The Bertz CT molecular complexity index is 454. The van der Waals surface area contributed by atoms with Crippen molar-refractivity contribution in [3.05, 3.63) is 31.6 Å². The minimum absolute atomic E-state index is 0.00958. The summed E-state index contributed by atoms with van der Waals surface area (Å²) in [5.74, 6) is 0.0688. The SMILES string of the molecule is CCC(C)C(=O)Cn1cc(Br)cc(Br)c1=O. The van der Waals surface area contributed by atoms with Gasteiger partial charge in [0.15, 0.2) is 5.78 Å².